The predicted molar refractivity (Wildman–Crippen MR) is 178 cm³/mol. The molecule has 1 aliphatic carbocycles. The van der Waals surface area contributed by atoms with E-state index in [2.05, 4.69) is 48.1 Å². The highest BCUT2D eigenvalue weighted by Crippen LogP contribution is 2.34. The summed E-state index contributed by atoms with van der Waals surface area (Å²) in [6.45, 7) is 2.01. The van der Waals surface area contributed by atoms with Gasteiger partial charge >= 0.3 is 5.97 Å². The van der Waals surface area contributed by atoms with Crippen LogP contribution < -0.4 is 20.7 Å². The number of H-pyrrole nitrogens is 1. The molecule has 2 aromatic carbocycles. The third-order valence-electron chi connectivity index (χ3n) is 8.03. The lowest BCUT2D eigenvalue weighted by Gasteiger charge is -2.30. The predicted octanol–water partition coefficient (Wildman–Crippen LogP) is 4.95. The van der Waals surface area contributed by atoms with Crippen LogP contribution >= 0.6 is 11.3 Å². The molecule has 0 bridgehead atoms. The average molecular weight is 639 g/mol. The second kappa shape index (κ2) is 13.3. The number of fused-ring (bicyclic) bond motifs is 2. The highest BCUT2D eigenvalue weighted by molar-refractivity contribution is 7.22. The molecule has 2 atom stereocenters. The van der Waals surface area contributed by atoms with Crippen molar-refractivity contribution in [1.82, 2.24) is 30.4 Å². The number of aromatic nitrogens is 4. The summed E-state index contributed by atoms with van der Waals surface area (Å²) >= 11 is 1.43. The van der Waals surface area contributed by atoms with E-state index >= 15 is 0 Å². The van der Waals surface area contributed by atoms with Crippen LogP contribution in [0, 0.1) is 0 Å². The lowest BCUT2D eigenvalue weighted by Crippen LogP contribution is -2.47. The van der Waals surface area contributed by atoms with Gasteiger partial charge in [-0.1, -0.05) is 29.5 Å². The maximum absolute atomic E-state index is 12.9. The molecule has 4 heterocycles. The zero-order valence-electron chi connectivity index (χ0n) is 25.2. The van der Waals surface area contributed by atoms with E-state index in [9.17, 15) is 9.59 Å². The number of esters is 1. The first-order valence-corrected chi connectivity index (χ1v) is 16.1. The van der Waals surface area contributed by atoms with Gasteiger partial charge in [0.1, 0.15) is 23.0 Å². The standard InChI is InChI=1S/C33H34N8O4S/c1-41(22-10-11-22)16-4-7-28(42)45-24-17-21(18-34-19-24)36-31-29-26(14-15-35-30(29)39-40-31)44-23-12-8-20(9-13-23)32(43)38-33-37-25-5-2-3-6-27(25)46-33/h2-9,12-15,21-22,24,34H,10-11,16-19H2,1H3,(H,37,38,43)(H2,35,36,39,40)/b7-4+/t21-,24?/m1/s1. The van der Waals surface area contributed by atoms with E-state index in [1.165, 1.54) is 30.3 Å². The van der Waals surface area contributed by atoms with Crippen LogP contribution in [0.25, 0.3) is 21.3 Å². The van der Waals surface area contributed by atoms with Crippen molar-refractivity contribution >= 4 is 55.4 Å². The minimum atomic E-state index is -0.331. The number of nitrogens with one attached hydrogen (secondary N) is 4. The lowest BCUT2D eigenvalue weighted by molar-refractivity contribution is -0.143. The van der Waals surface area contributed by atoms with E-state index in [-0.39, 0.29) is 24.0 Å². The number of aromatic amines is 1. The smallest absolute Gasteiger partial charge is 0.330 e. The molecule has 3 aromatic heterocycles. The lowest BCUT2D eigenvalue weighted by atomic mass is 10.0. The Labute approximate surface area is 269 Å². The van der Waals surface area contributed by atoms with E-state index in [1.54, 1.807) is 36.5 Å². The Balaban J connectivity index is 0.974. The number of carbonyl (C=O) groups is 2. The van der Waals surface area contributed by atoms with Gasteiger partial charge in [-0.05, 0) is 56.3 Å². The summed E-state index contributed by atoms with van der Waals surface area (Å²) in [5.41, 5.74) is 1.90. The number of anilines is 2. The number of carbonyl (C=O) groups excluding carboxylic acids is 2. The quantitative estimate of drug-likeness (QED) is 0.116. The van der Waals surface area contributed by atoms with Crippen LogP contribution in [0.2, 0.25) is 0 Å². The number of thiazole rings is 1. The summed E-state index contributed by atoms with van der Waals surface area (Å²) in [7, 11) is 2.07. The van der Waals surface area contributed by atoms with Gasteiger partial charge in [-0.15, -0.1) is 0 Å². The largest absolute Gasteiger partial charge is 0.458 e. The molecule has 1 saturated carbocycles. The first-order valence-electron chi connectivity index (χ1n) is 15.3. The second-order valence-electron chi connectivity index (χ2n) is 11.5. The zero-order valence-corrected chi connectivity index (χ0v) is 26.0. The van der Waals surface area contributed by atoms with Gasteiger partial charge in [-0.3, -0.25) is 20.1 Å². The number of nitrogens with zero attached hydrogens (tertiary/aromatic N) is 4. The number of piperidine rings is 1. The number of pyridine rings is 1. The molecule has 2 aliphatic rings. The number of likely N-dealkylation sites (N-methyl/N-ethyl adjacent to an activating group) is 1. The molecule has 1 aliphatic heterocycles. The maximum Gasteiger partial charge on any atom is 0.330 e. The Morgan fingerprint density at radius 1 is 1.11 bits per heavy atom. The molecular weight excluding hydrogens is 604 g/mol. The Hall–Kier alpha value is -4.85. The molecule has 0 spiro atoms. The van der Waals surface area contributed by atoms with Crippen LogP contribution in [-0.2, 0) is 9.53 Å². The monoisotopic (exact) mass is 638 g/mol. The highest BCUT2D eigenvalue weighted by atomic mass is 32.1. The van der Waals surface area contributed by atoms with Crippen molar-refractivity contribution in [2.45, 2.75) is 37.5 Å². The fraction of sp³-hybridized carbons (Fsp3) is 0.303. The fourth-order valence-corrected chi connectivity index (χ4v) is 6.35. The van der Waals surface area contributed by atoms with Crippen LogP contribution in [-0.4, -0.2) is 81.8 Å². The summed E-state index contributed by atoms with van der Waals surface area (Å²) < 4.78 is 13.0. The number of para-hydroxylation sites is 1. The van der Waals surface area contributed by atoms with E-state index in [1.807, 2.05) is 30.3 Å². The molecule has 12 nitrogen and oxygen atoms in total. The average Bonchev–Trinajstić information content (AvgIpc) is 3.71. The van der Waals surface area contributed by atoms with E-state index in [0.717, 1.165) is 16.8 Å². The molecular formula is C33H34N8O4S. The van der Waals surface area contributed by atoms with Crippen LogP contribution in [0.4, 0.5) is 10.9 Å². The third kappa shape index (κ3) is 7.01. The van der Waals surface area contributed by atoms with Crippen LogP contribution in [0.15, 0.2) is 72.9 Å². The van der Waals surface area contributed by atoms with E-state index in [0.29, 0.717) is 64.6 Å². The molecule has 2 fully saturated rings. The number of amides is 1. The summed E-state index contributed by atoms with van der Waals surface area (Å²) in [4.78, 5) is 36.4. The Morgan fingerprint density at radius 2 is 1.96 bits per heavy atom. The minimum absolute atomic E-state index is 0.0377. The van der Waals surface area contributed by atoms with E-state index in [4.69, 9.17) is 9.47 Å². The Bertz CT molecular complexity index is 1850. The van der Waals surface area contributed by atoms with Crippen molar-refractivity contribution in [1.29, 1.82) is 0 Å². The number of hydrogen-bond donors (Lipinski definition) is 4. The fourth-order valence-electron chi connectivity index (χ4n) is 5.49. The molecule has 7 rings (SSSR count). The maximum atomic E-state index is 12.9. The zero-order chi connectivity index (χ0) is 31.5. The van der Waals surface area contributed by atoms with Crippen molar-refractivity contribution in [2.24, 2.45) is 0 Å². The first kappa shape index (κ1) is 29.8. The van der Waals surface area contributed by atoms with Crippen LogP contribution in [0.5, 0.6) is 11.5 Å². The normalized spacial score (nSPS) is 18.3. The van der Waals surface area contributed by atoms with Gasteiger partial charge < -0.3 is 20.1 Å². The molecule has 1 saturated heterocycles. The molecule has 236 valence electrons. The van der Waals surface area contributed by atoms with Crippen LogP contribution in [0.1, 0.15) is 29.6 Å². The topological polar surface area (TPSA) is 146 Å². The van der Waals surface area contributed by atoms with Crippen molar-refractivity contribution in [3.63, 3.8) is 0 Å². The highest BCUT2D eigenvalue weighted by Gasteiger charge is 2.27. The third-order valence-corrected chi connectivity index (χ3v) is 8.99. The van der Waals surface area contributed by atoms with Crippen molar-refractivity contribution in [3.05, 3.63) is 78.5 Å². The number of benzene rings is 2. The second-order valence-corrected chi connectivity index (χ2v) is 12.6. The van der Waals surface area contributed by atoms with Gasteiger partial charge in [0, 0.05) is 62.0 Å². The van der Waals surface area contributed by atoms with Crippen molar-refractivity contribution < 1.29 is 19.1 Å². The van der Waals surface area contributed by atoms with Gasteiger partial charge in [0.2, 0.25) is 0 Å². The van der Waals surface area contributed by atoms with E-state index < -0.39 is 0 Å². The minimum Gasteiger partial charge on any atom is -0.458 e. The molecule has 4 N–H and O–H groups in total. The van der Waals surface area contributed by atoms with Gasteiger partial charge in [-0.2, -0.15) is 5.10 Å². The molecule has 46 heavy (non-hydrogen) atoms. The summed E-state index contributed by atoms with van der Waals surface area (Å²) in [6, 6.07) is 17.0. The van der Waals surface area contributed by atoms with Crippen molar-refractivity contribution in [2.75, 3.05) is 37.3 Å². The molecule has 13 heteroatoms. The Morgan fingerprint density at radius 3 is 2.78 bits per heavy atom. The number of rotatable bonds is 11. The number of hydrogen-bond acceptors (Lipinski definition) is 11. The molecule has 5 aromatic rings. The van der Waals surface area contributed by atoms with Crippen molar-refractivity contribution in [3.8, 4) is 11.5 Å². The van der Waals surface area contributed by atoms with Gasteiger partial charge in [0.15, 0.2) is 16.6 Å². The Kier molecular flexibility index (Phi) is 8.59. The summed E-state index contributed by atoms with van der Waals surface area (Å²) in [5.74, 6) is 1.12. The molecule has 1 amide bonds. The summed E-state index contributed by atoms with van der Waals surface area (Å²) in [6.07, 6.45) is 7.84. The van der Waals surface area contributed by atoms with Gasteiger partial charge in [0.05, 0.1) is 10.2 Å². The molecule has 1 unspecified atom stereocenters. The first-order chi connectivity index (χ1) is 22.5. The van der Waals surface area contributed by atoms with Gasteiger partial charge in [0.25, 0.3) is 5.91 Å². The number of ether oxygens (including phenoxy) is 2. The van der Waals surface area contributed by atoms with Gasteiger partial charge in [-0.25, -0.2) is 14.8 Å². The molecule has 0 radical (unpaired) electrons. The van der Waals surface area contributed by atoms with Crippen LogP contribution in [0.3, 0.4) is 0 Å². The summed E-state index contributed by atoms with van der Waals surface area (Å²) in [5, 5.41) is 18.4. The SMILES string of the molecule is CN(C/C=C/C(=O)OC1CNC[C@H](Nc2n[nH]c3nccc(Oc4ccc(C(=O)Nc5nc6ccccc6s5)cc4)c23)C1)C1CC1.